The van der Waals surface area contributed by atoms with Crippen molar-refractivity contribution < 1.29 is 4.79 Å². The number of rotatable bonds is 3. The van der Waals surface area contributed by atoms with Crippen molar-refractivity contribution in [3.8, 4) is 0 Å². The zero-order chi connectivity index (χ0) is 11.6. The van der Waals surface area contributed by atoms with Gasteiger partial charge in [0.1, 0.15) is 0 Å². The van der Waals surface area contributed by atoms with Crippen molar-refractivity contribution in [2.24, 2.45) is 0 Å². The van der Waals surface area contributed by atoms with Crippen LogP contribution in [0.15, 0.2) is 6.07 Å². The fourth-order valence-corrected chi connectivity index (χ4v) is 2.30. The predicted molar refractivity (Wildman–Crippen MR) is 65.7 cm³/mol. The third-order valence-electron chi connectivity index (χ3n) is 1.87. The Morgan fingerprint density at radius 3 is 2.27 bits per heavy atom. The number of halogens is 4. The van der Waals surface area contributed by atoms with Gasteiger partial charge in [-0.1, -0.05) is 53.3 Å². The summed E-state index contributed by atoms with van der Waals surface area (Å²) in [5, 5.41) is 0.794. The lowest BCUT2D eigenvalue weighted by Crippen LogP contribution is -2.01. The first kappa shape index (κ1) is 13.1. The Kier molecular flexibility index (Phi) is 4.72. The van der Waals surface area contributed by atoms with Gasteiger partial charge in [0.15, 0.2) is 5.78 Å². The second kappa shape index (κ2) is 5.40. The molecule has 1 nitrogen and oxygen atoms in total. The van der Waals surface area contributed by atoms with E-state index in [1.807, 2.05) is 6.92 Å². The summed E-state index contributed by atoms with van der Waals surface area (Å²) in [6, 6.07) is 1.43. The van der Waals surface area contributed by atoms with Gasteiger partial charge in [-0.25, -0.2) is 0 Å². The average Bonchev–Trinajstić information content (AvgIpc) is 2.15. The van der Waals surface area contributed by atoms with E-state index in [-0.39, 0.29) is 31.4 Å². The first-order valence-electron chi connectivity index (χ1n) is 4.35. The lowest BCUT2D eigenvalue weighted by atomic mass is 10.1. The fourth-order valence-electron chi connectivity index (χ4n) is 1.17. The molecule has 0 bridgehead atoms. The van der Waals surface area contributed by atoms with Crippen LogP contribution < -0.4 is 0 Å². The van der Waals surface area contributed by atoms with Crippen molar-refractivity contribution in [1.82, 2.24) is 0 Å². The van der Waals surface area contributed by atoms with Crippen molar-refractivity contribution in [3.63, 3.8) is 0 Å². The third-order valence-corrected chi connectivity index (χ3v) is 3.43. The summed E-state index contributed by atoms with van der Waals surface area (Å²) >= 11 is 23.4. The molecule has 0 amide bonds. The molecule has 1 aromatic carbocycles. The molecule has 0 N–H and O–H groups in total. The van der Waals surface area contributed by atoms with Crippen molar-refractivity contribution in [1.29, 1.82) is 0 Å². The van der Waals surface area contributed by atoms with Crippen molar-refractivity contribution in [2.75, 3.05) is 0 Å². The Morgan fingerprint density at radius 1 is 1.13 bits per heavy atom. The van der Waals surface area contributed by atoms with E-state index in [1.165, 1.54) is 6.07 Å². The highest BCUT2D eigenvalue weighted by Crippen LogP contribution is 2.37. The molecular weight excluding hydrogens is 278 g/mol. The van der Waals surface area contributed by atoms with Gasteiger partial charge in [0, 0.05) is 6.42 Å². The Hall–Kier alpha value is 0.0500. The maximum atomic E-state index is 11.7. The highest BCUT2D eigenvalue weighted by molar-refractivity contribution is 6.51. The minimum Gasteiger partial charge on any atom is -0.294 e. The Labute approximate surface area is 108 Å². The summed E-state index contributed by atoms with van der Waals surface area (Å²) < 4.78 is 0. The molecule has 0 aliphatic heterocycles. The number of hydrogen-bond donors (Lipinski definition) is 0. The maximum absolute atomic E-state index is 11.7. The van der Waals surface area contributed by atoms with Gasteiger partial charge in [0.2, 0.25) is 0 Å². The van der Waals surface area contributed by atoms with Gasteiger partial charge in [-0.3, -0.25) is 4.79 Å². The molecule has 0 saturated heterocycles. The number of carbonyl (C=O) groups excluding carboxylic acids is 1. The van der Waals surface area contributed by atoms with Crippen LogP contribution in [0, 0.1) is 0 Å². The van der Waals surface area contributed by atoms with Crippen LogP contribution in [0.2, 0.25) is 20.1 Å². The summed E-state index contributed by atoms with van der Waals surface area (Å²) in [6.07, 6.45) is 1.11. The van der Waals surface area contributed by atoms with E-state index < -0.39 is 0 Å². The minimum atomic E-state index is -0.119. The van der Waals surface area contributed by atoms with Gasteiger partial charge in [-0.15, -0.1) is 0 Å². The van der Waals surface area contributed by atoms with E-state index in [9.17, 15) is 4.79 Å². The van der Waals surface area contributed by atoms with E-state index in [0.717, 1.165) is 6.42 Å². The SMILES string of the molecule is CCCC(=O)c1c(Cl)cc(Cl)c(Cl)c1Cl. The third kappa shape index (κ3) is 2.79. The van der Waals surface area contributed by atoms with Crippen LogP contribution in [0.1, 0.15) is 30.1 Å². The monoisotopic (exact) mass is 284 g/mol. The highest BCUT2D eigenvalue weighted by Gasteiger charge is 2.18. The fraction of sp³-hybridized carbons (Fsp3) is 0.300. The second-order valence-electron chi connectivity index (χ2n) is 3.02. The normalized spacial score (nSPS) is 10.5. The van der Waals surface area contributed by atoms with Crippen LogP contribution in [0.25, 0.3) is 0 Å². The van der Waals surface area contributed by atoms with E-state index in [4.69, 9.17) is 46.4 Å². The van der Waals surface area contributed by atoms with Gasteiger partial charge in [0.05, 0.1) is 25.7 Å². The molecule has 0 radical (unpaired) electrons. The van der Waals surface area contributed by atoms with E-state index in [2.05, 4.69) is 0 Å². The van der Waals surface area contributed by atoms with Gasteiger partial charge in [-0.2, -0.15) is 0 Å². The topological polar surface area (TPSA) is 17.1 Å². The first-order valence-corrected chi connectivity index (χ1v) is 5.86. The molecule has 0 saturated carbocycles. The number of benzene rings is 1. The van der Waals surface area contributed by atoms with Crippen LogP contribution in [0.3, 0.4) is 0 Å². The molecule has 0 aromatic heterocycles. The zero-order valence-corrected chi connectivity index (χ0v) is 10.9. The van der Waals surface area contributed by atoms with Gasteiger partial charge in [-0.05, 0) is 12.5 Å². The molecule has 1 aromatic rings. The first-order chi connectivity index (χ1) is 6.99. The standard InChI is InChI=1S/C10H8Cl4O/c1-2-3-7(15)8-5(11)4-6(12)9(13)10(8)14/h4H,2-3H2,1H3. The van der Waals surface area contributed by atoms with E-state index >= 15 is 0 Å². The largest absolute Gasteiger partial charge is 0.294 e. The van der Waals surface area contributed by atoms with Crippen LogP contribution in [-0.2, 0) is 0 Å². The predicted octanol–water partition coefficient (Wildman–Crippen LogP) is 5.28. The molecule has 5 heteroatoms. The molecule has 0 aliphatic rings. The van der Waals surface area contributed by atoms with E-state index in [1.54, 1.807) is 0 Å². The quantitative estimate of drug-likeness (QED) is 0.419. The van der Waals surface area contributed by atoms with Gasteiger partial charge < -0.3 is 0 Å². The van der Waals surface area contributed by atoms with Gasteiger partial charge >= 0.3 is 0 Å². The molecule has 82 valence electrons. The average molecular weight is 286 g/mol. The Morgan fingerprint density at radius 2 is 1.73 bits per heavy atom. The Balaban J connectivity index is 3.29. The van der Waals surface area contributed by atoms with Crippen LogP contribution in [0.4, 0.5) is 0 Å². The van der Waals surface area contributed by atoms with Crippen LogP contribution >= 0.6 is 46.4 Å². The Bertz CT molecular complexity index is 401. The molecule has 0 fully saturated rings. The lowest BCUT2D eigenvalue weighted by molar-refractivity contribution is 0.0982. The van der Waals surface area contributed by atoms with Crippen molar-refractivity contribution >= 4 is 52.2 Å². The van der Waals surface area contributed by atoms with Crippen molar-refractivity contribution in [2.45, 2.75) is 19.8 Å². The van der Waals surface area contributed by atoms with Crippen molar-refractivity contribution in [3.05, 3.63) is 31.7 Å². The van der Waals surface area contributed by atoms with E-state index in [0.29, 0.717) is 6.42 Å². The molecule has 0 unspecified atom stereocenters. The van der Waals surface area contributed by atoms with Crippen LogP contribution in [-0.4, -0.2) is 5.78 Å². The highest BCUT2D eigenvalue weighted by atomic mass is 35.5. The van der Waals surface area contributed by atoms with Gasteiger partial charge in [0.25, 0.3) is 0 Å². The summed E-state index contributed by atoms with van der Waals surface area (Å²) in [4.78, 5) is 11.7. The molecular formula is C10H8Cl4O. The minimum absolute atomic E-state index is 0.119. The molecule has 0 aliphatic carbocycles. The number of Topliss-reactive ketones (excluding diaryl/α,β-unsaturated/α-hetero) is 1. The summed E-state index contributed by atoms with van der Waals surface area (Å²) in [5.41, 5.74) is 0.259. The summed E-state index contributed by atoms with van der Waals surface area (Å²) in [7, 11) is 0. The summed E-state index contributed by atoms with van der Waals surface area (Å²) in [5.74, 6) is -0.119. The lowest BCUT2D eigenvalue weighted by Gasteiger charge is -2.08. The second-order valence-corrected chi connectivity index (χ2v) is 4.59. The molecule has 0 heterocycles. The molecule has 0 atom stereocenters. The van der Waals surface area contributed by atoms with Crippen LogP contribution in [0.5, 0.6) is 0 Å². The zero-order valence-electron chi connectivity index (χ0n) is 7.91. The number of ketones is 1. The molecule has 1 rings (SSSR count). The number of hydrogen-bond acceptors (Lipinski definition) is 1. The summed E-state index contributed by atoms with van der Waals surface area (Å²) in [6.45, 7) is 1.90. The molecule has 0 spiro atoms. The smallest absolute Gasteiger partial charge is 0.165 e. The number of carbonyl (C=O) groups is 1. The molecule has 15 heavy (non-hydrogen) atoms. The maximum Gasteiger partial charge on any atom is 0.165 e.